The lowest BCUT2D eigenvalue weighted by molar-refractivity contribution is 0.134. The average molecular weight is 360 g/mol. The number of aryl methyl sites for hydroxylation is 1. The second-order valence-electron chi connectivity index (χ2n) is 6.74. The molecule has 2 aromatic carbocycles. The van der Waals surface area contributed by atoms with Crippen LogP contribution in [-0.4, -0.2) is 7.11 Å². The van der Waals surface area contributed by atoms with Gasteiger partial charge in [0.25, 0.3) is 0 Å². The molecule has 27 heavy (non-hydrogen) atoms. The molecule has 1 atom stereocenters. The number of methoxy groups -OCH3 is 1. The molecule has 3 aromatic rings. The topological polar surface area (TPSA) is 22.4 Å². The van der Waals surface area contributed by atoms with Crippen LogP contribution in [0.2, 0.25) is 0 Å². The van der Waals surface area contributed by atoms with E-state index in [1.165, 1.54) is 5.56 Å². The number of furan rings is 1. The Morgan fingerprint density at radius 2 is 1.70 bits per heavy atom. The second kappa shape index (κ2) is 9.38. The fourth-order valence-electron chi connectivity index (χ4n) is 3.58. The molecule has 2 nitrogen and oxygen atoms in total. The SMILES string of the molecule is C=CCc1c(-c2ccccc2)oc(CCCC)c1C(OC)c1ccccc1. The van der Waals surface area contributed by atoms with Gasteiger partial charge in [-0.2, -0.15) is 0 Å². The highest BCUT2D eigenvalue weighted by molar-refractivity contribution is 5.65. The molecule has 140 valence electrons. The lowest BCUT2D eigenvalue weighted by Gasteiger charge is -2.18. The van der Waals surface area contributed by atoms with E-state index in [0.29, 0.717) is 0 Å². The largest absolute Gasteiger partial charge is 0.460 e. The Kier molecular flexibility index (Phi) is 6.67. The molecular weight excluding hydrogens is 332 g/mol. The van der Waals surface area contributed by atoms with E-state index in [2.05, 4.69) is 49.9 Å². The van der Waals surface area contributed by atoms with Gasteiger partial charge in [-0.25, -0.2) is 0 Å². The first-order chi connectivity index (χ1) is 13.3. The standard InChI is InChI=1S/C25H28O2/c1-4-6-18-22-23(25(26-3)20-16-11-8-12-17-20)21(13-5-2)24(27-22)19-14-9-7-10-15-19/h5,7-12,14-17,25H,2,4,6,13,18H2,1,3H3. The number of hydrogen-bond acceptors (Lipinski definition) is 2. The lowest BCUT2D eigenvalue weighted by Crippen LogP contribution is -2.08. The number of ether oxygens (including phenoxy) is 1. The van der Waals surface area contributed by atoms with Crippen molar-refractivity contribution in [2.24, 2.45) is 0 Å². The van der Waals surface area contributed by atoms with Crippen molar-refractivity contribution >= 4 is 0 Å². The van der Waals surface area contributed by atoms with Crippen molar-refractivity contribution in [2.75, 3.05) is 7.11 Å². The molecule has 0 fully saturated rings. The molecule has 1 unspecified atom stereocenters. The van der Waals surface area contributed by atoms with E-state index < -0.39 is 0 Å². The van der Waals surface area contributed by atoms with E-state index in [1.54, 1.807) is 7.11 Å². The third-order valence-corrected chi connectivity index (χ3v) is 4.87. The maximum Gasteiger partial charge on any atom is 0.138 e. The highest BCUT2D eigenvalue weighted by atomic mass is 16.5. The van der Waals surface area contributed by atoms with Gasteiger partial charge in [0.05, 0.1) is 0 Å². The van der Waals surface area contributed by atoms with E-state index in [9.17, 15) is 0 Å². The second-order valence-corrected chi connectivity index (χ2v) is 6.74. The monoisotopic (exact) mass is 360 g/mol. The van der Waals surface area contributed by atoms with Gasteiger partial charge in [-0.15, -0.1) is 6.58 Å². The summed E-state index contributed by atoms with van der Waals surface area (Å²) in [6.45, 7) is 6.18. The molecule has 1 heterocycles. The zero-order valence-electron chi connectivity index (χ0n) is 16.3. The molecule has 0 N–H and O–H groups in total. The molecule has 0 saturated heterocycles. The zero-order chi connectivity index (χ0) is 19.1. The number of hydrogen-bond donors (Lipinski definition) is 0. The number of unbranched alkanes of at least 4 members (excludes halogenated alkanes) is 1. The molecule has 0 aliphatic carbocycles. The maximum atomic E-state index is 6.46. The van der Waals surface area contributed by atoms with E-state index in [0.717, 1.165) is 53.9 Å². The third kappa shape index (κ3) is 4.23. The summed E-state index contributed by atoms with van der Waals surface area (Å²) < 4.78 is 12.4. The van der Waals surface area contributed by atoms with Crippen LogP contribution in [0, 0.1) is 0 Å². The molecule has 0 spiro atoms. The van der Waals surface area contributed by atoms with E-state index in [4.69, 9.17) is 9.15 Å². The summed E-state index contributed by atoms with van der Waals surface area (Å²) in [6, 6.07) is 20.7. The van der Waals surface area contributed by atoms with Crippen LogP contribution < -0.4 is 0 Å². The first-order valence-corrected chi connectivity index (χ1v) is 9.68. The normalized spacial score (nSPS) is 12.1. The molecule has 2 heteroatoms. The molecule has 0 bridgehead atoms. The predicted molar refractivity (Wildman–Crippen MR) is 112 cm³/mol. The van der Waals surface area contributed by atoms with Crippen LogP contribution in [-0.2, 0) is 17.6 Å². The van der Waals surface area contributed by atoms with Gasteiger partial charge in [-0.1, -0.05) is 80.1 Å². The summed E-state index contributed by atoms with van der Waals surface area (Å²) in [5.41, 5.74) is 4.58. The van der Waals surface area contributed by atoms with Crippen LogP contribution in [0.5, 0.6) is 0 Å². The first kappa shape index (κ1) is 19.2. The van der Waals surface area contributed by atoms with Crippen molar-refractivity contribution in [1.82, 2.24) is 0 Å². The predicted octanol–water partition coefficient (Wildman–Crippen LogP) is 6.75. The summed E-state index contributed by atoms with van der Waals surface area (Å²) >= 11 is 0. The van der Waals surface area contributed by atoms with Crippen molar-refractivity contribution in [1.29, 1.82) is 0 Å². The fourth-order valence-corrected chi connectivity index (χ4v) is 3.58. The molecule has 3 rings (SSSR count). The quantitative estimate of drug-likeness (QED) is 0.394. The van der Waals surface area contributed by atoms with Crippen LogP contribution in [0.15, 0.2) is 77.7 Å². The van der Waals surface area contributed by atoms with E-state index in [1.807, 2.05) is 30.3 Å². The van der Waals surface area contributed by atoms with Gasteiger partial charge in [-0.3, -0.25) is 0 Å². The lowest BCUT2D eigenvalue weighted by atomic mass is 9.92. The fraction of sp³-hybridized carbons (Fsp3) is 0.280. The van der Waals surface area contributed by atoms with Gasteiger partial charge in [-0.05, 0) is 18.4 Å². The molecule has 0 saturated carbocycles. The highest BCUT2D eigenvalue weighted by Crippen LogP contribution is 2.40. The number of allylic oxidation sites excluding steroid dienone is 1. The Balaban J connectivity index is 2.19. The van der Waals surface area contributed by atoms with Crippen LogP contribution >= 0.6 is 0 Å². The summed E-state index contributed by atoms with van der Waals surface area (Å²) in [5, 5.41) is 0. The number of benzene rings is 2. The summed E-state index contributed by atoms with van der Waals surface area (Å²) in [6.07, 6.45) is 5.68. The van der Waals surface area contributed by atoms with Gasteiger partial charge in [0, 0.05) is 30.2 Å². The van der Waals surface area contributed by atoms with Crippen molar-refractivity contribution in [3.63, 3.8) is 0 Å². The van der Waals surface area contributed by atoms with Crippen molar-refractivity contribution < 1.29 is 9.15 Å². The van der Waals surface area contributed by atoms with E-state index in [-0.39, 0.29) is 6.10 Å². The molecular formula is C25H28O2. The van der Waals surface area contributed by atoms with Gasteiger partial charge in [0.1, 0.15) is 17.6 Å². The van der Waals surface area contributed by atoms with Gasteiger partial charge < -0.3 is 9.15 Å². The third-order valence-electron chi connectivity index (χ3n) is 4.87. The molecule has 0 radical (unpaired) electrons. The van der Waals surface area contributed by atoms with Gasteiger partial charge >= 0.3 is 0 Å². The van der Waals surface area contributed by atoms with E-state index >= 15 is 0 Å². The Labute approximate surface area is 162 Å². The highest BCUT2D eigenvalue weighted by Gasteiger charge is 2.27. The van der Waals surface area contributed by atoms with Crippen LogP contribution in [0.3, 0.4) is 0 Å². The van der Waals surface area contributed by atoms with Crippen molar-refractivity contribution in [2.45, 2.75) is 38.7 Å². The summed E-state index contributed by atoms with van der Waals surface area (Å²) in [4.78, 5) is 0. The Bertz CT molecular complexity index is 847. The maximum absolute atomic E-state index is 6.46. The minimum Gasteiger partial charge on any atom is -0.460 e. The number of rotatable bonds is 9. The smallest absolute Gasteiger partial charge is 0.138 e. The molecule has 0 aliphatic rings. The van der Waals surface area contributed by atoms with Crippen LogP contribution in [0.4, 0.5) is 0 Å². The molecule has 0 amide bonds. The summed E-state index contributed by atoms with van der Waals surface area (Å²) in [5.74, 6) is 1.97. The van der Waals surface area contributed by atoms with Crippen molar-refractivity contribution in [3.8, 4) is 11.3 Å². The first-order valence-electron chi connectivity index (χ1n) is 9.68. The van der Waals surface area contributed by atoms with Gasteiger partial charge in [0.2, 0.25) is 0 Å². The molecule has 1 aromatic heterocycles. The van der Waals surface area contributed by atoms with Crippen LogP contribution in [0.1, 0.15) is 48.3 Å². The molecule has 0 aliphatic heterocycles. The Morgan fingerprint density at radius 3 is 2.30 bits per heavy atom. The minimum absolute atomic E-state index is 0.144. The average Bonchev–Trinajstić information content (AvgIpc) is 3.07. The Hall–Kier alpha value is -2.58. The zero-order valence-corrected chi connectivity index (χ0v) is 16.3. The summed E-state index contributed by atoms with van der Waals surface area (Å²) in [7, 11) is 1.77. The van der Waals surface area contributed by atoms with Gasteiger partial charge in [0.15, 0.2) is 0 Å². The Morgan fingerprint density at radius 1 is 1.04 bits per heavy atom. The minimum atomic E-state index is -0.144. The van der Waals surface area contributed by atoms with Crippen LogP contribution in [0.25, 0.3) is 11.3 Å². The van der Waals surface area contributed by atoms with Crippen molar-refractivity contribution in [3.05, 3.63) is 95.8 Å².